The van der Waals surface area contributed by atoms with Crippen molar-refractivity contribution in [2.45, 2.75) is 51.0 Å². The number of aromatic nitrogens is 3. The molecule has 2 atom stereocenters. The molecule has 28 heavy (non-hydrogen) atoms. The zero-order valence-electron chi connectivity index (χ0n) is 15.6. The van der Waals surface area contributed by atoms with Crippen LogP contribution in [0, 0.1) is 5.82 Å². The molecule has 4 heterocycles. The molecule has 0 saturated carbocycles. The summed E-state index contributed by atoms with van der Waals surface area (Å²) in [5.41, 5.74) is 0.272. The Morgan fingerprint density at radius 3 is 2.46 bits per heavy atom. The van der Waals surface area contributed by atoms with Crippen molar-refractivity contribution in [3.05, 3.63) is 47.4 Å². The van der Waals surface area contributed by atoms with Crippen LogP contribution in [0.4, 0.5) is 23.4 Å². The van der Waals surface area contributed by atoms with Gasteiger partial charge in [0.1, 0.15) is 12.0 Å². The van der Waals surface area contributed by atoms with Crippen LogP contribution in [-0.4, -0.2) is 45.0 Å². The Morgan fingerprint density at radius 2 is 1.89 bits per heavy atom. The van der Waals surface area contributed by atoms with Crippen molar-refractivity contribution in [2.24, 2.45) is 0 Å². The predicted octanol–water partition coefficient (Wildman–Crippen LogP) is 3.62. The van der Waals surface area contributed by atoms with Crippen molar-refractivity contribution in [3.63, 3.8) is 0 Å². The molecular formula is C19H21F4N5. The fourth-order valence-corrected chi connectivity index (χ4v) is 4.10. The zero-order chi connectivity index (χ0) is 20.1. The number of rotatable bonds is 4. The number of hydrogen-bond acceptors (Lipinski definition) is 5. The average molecular weight is 395 g/mol. The van der Waals surface area contributed by atoms with E-state index < -0.39 is 11.9 Å². The lowest BCUT2D eigenvalue weighted by molar-refractivity contribution is -0.141. The molecule has 2 aromatic rings. The molecule has 0 N–H and O–H groups in total. The fourth-order valence-electron chi connectivity index (χ4n) is 4.10. The van der Waals surface area contributed by atoms with Gasteiger partial charge in [-0.1, -0.05) is 19.9 Å². The minimum atomic E-state index is -4.43. The van der Waals surface area contributed by atoms with E-state index in [2.05, 4.69) is 19.9 Å². The van der Waals surface area contributed by atoms with Crippen LogP contribution in [0.1, 0.15) is 43.1 Å². The van der Waals surface area contributed by atoms with Gasteiger partial charge in [-0.25, -0.2) is 14.4 Å². The van der Waals surface area contributed by atoms with Gasteiger partial charge in [-0.05, 0) is 24.0 Å². The van der Waals surface area contributed by atoms with Gasteiger partial charge in [0.15, 0.2) is 11.6 Å². The van der Waals surface area contributed by atoms with Crippen molar-refractivity contribution in [2.75, 3.05) is 18.0 Å². The van der Waals surface area contributed by atoms with Gasteiger partial charge in [-0.2, -0.15) is 13.2 Å². The molecule has 2 aromatic heterocycles. The van der Waals surface area contributed by atoms with Crippen molar-refractivity contribution in [3.8, 4) is 0 Å². The minimum absolute atomic E-state index is 0.0230. The van der Waals surface area contributed by atoms with Crippen LogP contribution in [0.2, 0.25) is 0 Å². The highest BCUT2D eigenvalue weighted by atomic mass is 19.4. The Hall–Kier alpha value is -2.29. The maximum Gasteiger partial charge on any atom is 0.433 e. The summed E-state index contributed by atoms with van der Waals surface area (Å²) in [4.78, 5) is 16.0. The highest BCUT2D eigenvalue weighted by molar-refractivity contribution is 5.46. The molecule has 0 aromatic carbocycles. The molecule has 2 bridgehead atoms. The second kappa shape index (κ2) is 6.95. The van der Waals surface area contributed by atoms with Crippen LogP contribution in [0.15, 0.2) is 24.7 Å². The fraction of sp³-hybridized carbons (Fsp3) is 0.526. The molecule has 2 saturated heterocycles. The van der Waals surface area contributed by atoms with Crippen LogP contribution in [-0.2, 0) is 12.7 Å². The van der Waals surface area contributed by atoms with Crippen LogP contribution in [0.3, 0.4) is 0 Å². The number of fused-ring (bicyclic) bond motifs is 2. The molecule has 150 valence electrons. The molecule has 4 rings (SSSR count). The van der Waals surface area contributed by atoms with E-state index in [1.54, 1.807) is 0 Å². The van der Waals surface area contributed by atoms with Crippen molar-refractivity contribution < 1.29 is 17.6 Å². The van der Waals surface area contributed by atoms with E-state index in [9.17, 15) is 17.6 Å². The van der Waals surface area contributed by atoms with E-state index >= 15 is 0 Å². The summed E-state index contributed by atoms with van der Waals surface area (Å²) in [6, 6.07) is 2.83. The third-order valence-electron chi connectivity index (χ3n) is 5.47. The van der Waals surface area contributed by atoms with Gasteiger partial charge in [0.2, 0.25) is 0 Å². The third kappa shape index (κ3) is 3.43. The summed E-state index contributed by atoms with van der Waals surface area (Å²) in [6.07, 6.45) is -0.853. The monoisotopic (exact) mass is 395 g/mol. The Labute approximate surface area is 160 Å². The van der Waals surface area contributed by atoms with Gasteiger partial charge in [-0.3, -0.25) is 9.88 Å². The van der Waals surface area contributed by atoms with Crippen LogP contribution in [0.5, 0.6) is 0 Å². The maximum absolute atomic E-state index is 14.8. The average Bonchev–Trinajstić information content (AvgIpc) is 3.21. The van der Waals surface area contributed by atoms with Gasteiger partial charge in [0, 0.05) is 37.9 Å². The molecule has 0 spiro atoms. The minimum Gasteiger partial charge on any atom is -0.348 e. The van der Waals surface area contributed by atoms with Gasteiger partial charge < -0.3 is 4.90 Å². The molecule has 2 unspecified atom stereocenters. The Kier molecular flexibility index (Phi) is 4.73. The molecule has 5 nitrogen and oxygen atoms in total. The predicted molar refractivity (Wildman–Crippen MR) is 95.3 cm³/mol. The van der Waals surface area contributed by atoms with E-state index in [1.165, 1.54) is 18.6 Å². The highest BCUT2D eigenvalue weighted by Crippen LogP contribution is 2.36. The zero-order valence-corrected chi connectivity index (χ0v) is 15.6. The summed E-state index contributed by atoms with van der Waals surface area (Å²) in [6.45, 7) is 5.68. The van der Waals surface area contributed by atoms with Gasteiger partial charge in [0.05, 0.1) is 5.69 Å². The van der Waals surface area contributed by atoms with Crippen molar-refractivity contribution in [1.82, 2.24) is 19.9 Å². The van der Waals surface area contributed by atoms with E-state index in [1.807, 2.05) is 18.7 Å². The number of alkyl halides is 3. The van der Waals surface area contributed by atoms with E-state index in [4.69, 9.17) is 0 Å². The SMILES string of the molecule is CC(C)c1ncnc(N2CC3CC2CN3Cc2ccc(C(F)(F)F)nc2)c1F. The van der Waals surface area contributed by atoms with Crippen LogP contribution in [0.25, 0.3) is 0 Å². The van der Waals surface area contributed by atoms with Crippen LogP contribution < -0.4 is 4.90 Å². The Bertz CT molecular complexity index is 852. The maximum atomic E-state index is 14.8. The molecule has 0 radical (unpaired) electrons. The topological polar surface area (TPSA) is 45.2 Å². The van der Waals surface area contributed by atoms with E-state index in [0.29, 0.717) is 31.1 Å². The first kappa shape index (κ1) is 19.0. The number of piperazine rings is 1. The highest BCUT2D eigenvalue weighted by Gasteiger charge is 2.44. The van der Waals surface area contributed by atoms with Crippen molar-refractivity contribution >= 4 is 5.82 Å². The molecule has 2 aliphatic heterocycles. The van der Waals surface area contributed by atoms with Crippen LogP contribution >= 0.6 is 0 Å². The third-order valence-corrected chi connectivity index (χ3v) is 5.47. The van der Waals surface area contributed by atoms with E-state index in [-0.39, 0.29) is 23.8 Å². The smallest absolute Gasteiger partial charge is 0.348 e. The van der Waals surface area contributed by atoms with Gasteiger partial charge in [-0.15, -0.1) is 0 Å². The Balaban J connectivity index is 1.44. The molecule has 9 heteroatoms. The normalized spacial score (nSPS) is 22.5. The summed E-state index contributed by atoms with van der Waals surface area (Å²) in [5.74, 6) is -0.0317. The van der Waals surface area contributed by atoms with Crippen molar-refractivity contribution in [1.29, 1.82) is 0 Å². The summed E-state index contributed by atoms with van der Waals surface area (Å²) < 4.78 is 52.7. The number of pyridine rings is 1. The second-order valence-electron chi connectivity index (χ2n) is 7.73. The number of likely N-dealkylation sites (tertiary alicyclic amines) is 1. The first-order valence-corrected chi connectivity index (χ1v) is 9.27. The lowest BCUT2D eigenvalue weighted by Gasteiger charge is -2.35. The number of nitrogens with zero attached hydrogens (tertiary/aromatic N) is 5. The number of hydrogen-bond donors (Lipinski definition) is 0. The van der Waals surface area contributed by atoms with E-state index in [0.717, 1.165) is 18.1 Å². The largest absolute Gasteiger partial charge is 0.433 e. The molecule has 2 fully saturated rings. The molecule has 2 aliphatic rings. The lowest BCUT2D eigenvalue weighted by Crippen LogP contribution is -2.46. The first-order chi connectivity index (χ1) is 13.2. The summed E-state index contributed by atoms with van der Waals surface area (Å²) in [7, 11) is 0. The number of anilines is 1. The quantitative estimate of drug-likeness (QED) is 0.740. The molecule has 0 aliphatic carbocycles. The second-order valence-corrected chi connectivity index (χ2v) is 7.73. The standard InChI is InChI=1S/C19H21F4N5/c1-11(2)17-16(20)18(26-10-25-17)28-9-13-5-14(28)8-27(13)7-12-3-4-15(24-6-12)19(21,22)23/h3-4,6,10-11,13-14H,5,7-9H2,1-2H3. The van der Waals surface area contributed by atoms with Gasteiger partial charge >= 0.3 is 6.18 Å². The summed E-state index contributed by atoms with van der Waals surface area (Å²) >= 11 is 0. The molecule has 0 amide bonds. The first-order valence-electron chi connectivity index (χ1n) is 9.27. The molecular weight excluding hydrogens is 374 g/mol. The number of halogens is 4. The summed E-state index contributed by atoms with van der Waals surface area (Å²) in [5, 5.41) is 0. The lowest BCUT2D eigenvalue weighted by atomic mass is 10.1. The van der Waals surface area contributed by atoms with Gasteiger partial charge in [0.25, 0.3) is 0 Å². The Morgan fingerprint density at radius 1 is 1.11 bits per heavy atom.